The number of hydrogen-bond acceptors (Lipinski definition) is 3. The molecule has 2 heterocycles. The molecule has 1 amide bonds. The van der Waals surface area contributed by atoms with Crippen LogP contribution >= 0.6 is 11.6 Å². The molecular formula is C33H25ClF5N3O2. The number of nitrogens with zero attached hydrogens (tertiary/aromatic N) is 2. The Hall–Kier alpha value is -4.57. The first kappa shape index (κ1) is 30.9. The van der Waals surface area contributed by atoms with Gasteiger partial charge in [0, 0.05) is 45.5 Å². The van der Waals surface area contributed by atoms with Crippen molar-refractivity contribution in [1.29, 1.82) is 0 Å². The molecular weight excluding hydrogens is 601 g/mol. The molecule has 2 aromatic heterocycles. The van der Waals surface area contributed by atoms with Crippen molar-refractivity contribution >= 4 is 34.2 Å². The van der Waals surface area contributed by atoms with Crippen molar-refractivity contribution in [3.8, 4) is 11.1 Å². The third-order valence-electron chi connectivity index (χ3n) is 7.19. The minimum atomic E-state index is -4.76. The molecule has 11 heteroatoms. The van der Waals surface area contributed by atoms with Crippen LogP contribution in [0.5, 0.6) is 0 Å². The number of pyridine rings is 1. The monoisotopic (exact) mass is 625 g/mol. The third-order valence-corrected chi connectivity index (χ3v) is 7.44. The molecule has 1 unspecified atom stereocenters. The van der Waals surface area contributed by atoms with E-state index < -0.39 is 42.2 Å². The Morgan fingerprint density at radius 1 is 0.955 bits per heavy atom. The molecule has 0 bridgehead atoms. The fourth-order valence-corrected chi connectivity index (χ4v) is 5.42. The highest BCUT2D eigenvalue weighted by Gasteiger charge is 2.38. The second-order valence-corrected chi connectivity index (χ2v) is 10.8. The van der Waals surface area contributed by atoms with Crippen LogP contribution in [0.25, 0.3) is 22.0 Å². The van der Waals surface area contributed by atoms with E-state index in [1.165, 1.54) is 25.4 Å². The van der Waals surface area contributed by atoms with Crippen molar-refractivity contribution in [1.82, 2.24) is 14.9 Å². The van der Waals surface area contributed by atoms with Gasteiger partial charge in [-0.15, -0.1) is 0 Å². The number of carbonyl (C=O) groups is 2. The van der Waals surface area contributed by atoms with Gasteiger partial charge in [-0.1, -0.05) is 48.0 Å². The van der Waals surface area contributed by atoms with Crippen molar-refractivity contribution in [3.05, 3.63) is 125 Å². The maximum Gasteiger partial charge on any atom is 0.391 e. The van der Waals surface area contributed by atoms with Crippen LogP contribution < -0.4 is 5.32 Å². The Bertz CT molecular complexity index is 1820. The van der Waals surface area contributed by atoms with E-state index in [2.05, 4.69) is 10.3 Å². The molecule has 1 N–H and O–H groups in total. The summed E-state index contributed by atoms with van der Waals surface area (Å²) in [5, 5.41) is 3.56. The topological polar surface area (TPSA) is 64.0 Å². The van der Waals surface area contributed by atoms with Crippen LogP contribution in [-0.4, -0.2) is 27.4 Å². The average Bonchev–Trinajstić information content (AvgIpc) is 3.35. The number of nitrogens with one attached hydrogen (secondary N) is 1. The second kappa shape index (κ2) is 12.6. The van der Waals surface area contributed by atoms with Crippen LogP contribution in [-0.2, 0) is 11.2 Å². The van der Waals surface area contributed by atoms with Crippen LogP contribution in [0.4, 0.5) is 22.0 Å². The summed E-state index contributed by atoms with van der Waals surface area (Å²) in [5.41, 5.74) is 2.03. The number of amides is 1. The van der Waals surface area contributed by atoms with Gasteiger partial charge >= 0.3 is 6.18 Å². The van der Waals surface area contributed by atoms with Gasteiger partial charge in [-0.25, -0.2) is 8.78 Å². The Morgan fingerprint density at radius 2 is 1.64 bits per heavy atom. The lowest BCUT2D eigenvalue weighted by atomic mass is 9.95. The molecule has 44 heavy (non-hydrogen) atoms. The fourth-order valence-electron chi connectivity index (χ4n) is 5.30. The van der Waals surface area contributed by atoms with E-state index in [0.29, 0.717) is 27.6 Å². The van der Waals surface area contributed by atoms with Gasteiger partial charge in [0.15, 0.2) is 5.78 Å². The Kier molecular flexibility index (Phi) is 8.82. The standard InChI is InChI=1S/C33H25ClF5N3O2/c1-19(43)27-18-42(29-7-3-2-5-26(27)29)30(17-33(37,38)39)32(44)41-28(15-20-13-23(35)16-24(36)14-20)31-25(6-4-12-40-31)21-8-10-22(34)11-9-21/h2-14,16,18,28,30H,15,17H2,1H3,(H,41,44)/t28-,30?/m0/s1. The van der Waals surface area contributed by atoms with E-state index in [4.69, 9.17) is 11.6 Å². The van der Waals surface area contributed by atoms with Crippen molar-refractivity contribution < 1.29 is 31.5 Å². The van der Waals surface area contributed by atoms with E-state index in [-0.39, 0.29) is 34.5 Å². The van der Waals surface area contributed by atoms with Gasteiger partial charge in [-0.05, 0) is 60.9 Å². The number of carbonyl (C=O) groups excluding carboxylic acids is 2. The molecule has 5 rings (SSSR count). The first-order chi connectivity index (χ1) is 20.9. The molecule has 2 atom stereocenters. The highest BCUT2D eigenvalue weighted by atomic mass is 35.5. The molecule has 0 fully saturated rings. The minimum Gasteiger partial charge on any atom is -0.346 e. The fraction of sp³-hybridized carbons (Fsp3) is 0.182. The quantitative estimate of drug-likeness (QED) is 0.132. The summed E-state index contributed by atoms with van der Waals surface area (Å²) in [6, 6.07) is 16.4. The zero-order chi connectivity index (χ0) is 31.6. The predicted molar refractivity (Wildman–Crippen MR) is 157 cm³/mol. The van der Waals surface area contributed by atoms with E-state index in [0.717, 1.165) is 16.7 Å². The molecule has 5 aromatic rings. The molecule has 3 aromatic carbocycles. The normalized spacial score (nSPS) is 13.1. The Morgan fingerprint density at radius 3 is 2.30 bits per heavy atom. The molecule has 0 saturated carbocycles. The summed E-state index contributed by atoms with van der Waals surface area (Å²) in [7, 11) is 0. The number of rotatable bonds is 9. The molecule has 5 nitrogen and oxygen atoms in total. The highest BCUT2D eigenvalue weighted by molar-refractivity contribution is 6.30. The lowest BCUT2D eigenvalue weighted by molar-refractivity contribution is -0.152. The highest BCUT2D eigenvalue weighted by Crippen LogP contribution is 2.35. The van der Waals surface area contributed by atoms with Crippen LogP contribution in [0.3, 0.4) is 0 Å². The number of fused-ring (bicyclic) bond motifs is 1. The minimum absolute atomic E-state index is 0.151. The molecule has 226 valence electrons. The average molecular weight is 626 g/mol. The van der Waals surface area contributed by atoms with Crippen LogP contribution in [0.2, 0.25) is 5.02 Å². The second-order valence-electron chi connectivity index (χ2n) is 10.3. The van der Waals surface area contributed by atoms with Crippen molar-refractivity contribution in [2.75, 3.05) is 0 Å². The maximum absolute atomic E-state index is 14.2. The number of aromatic nitrogens is 2. The van der Waals surface area contributed by atoms with Gasteiger partial charge in [0.05, 0.1) is 18.2 Å². The van der Waals surface area contributed by atoms with Crippen LogP contribution in [0.1, 0.15) is 47.0 Å². The summed E-state index contributed by atoms with van der Waals surface area (Å²) >= 11 is 6.06. The van der Waals surface area contributed by atoms with Crippen molar-refractivity contribution in [3.63, 3.8) is 0 Å². The smallest absolute Gasteiger partial charge is 0.346 e. The number of Topliss-reactive ketones (excluding diaryl/α,β-unsaturated/α-hetero) is 1. The van der Waals surface area contributed by atoms with Gasteiger partial charge in [-0.2, -0.15) is 13.2 Å². The van der Waals surface area contributed by atoms with E-state index in [1.807, 2.05) is 0 Å². The molecule has 0 saturated heterocycles. The first-order valence-electron chi connectivity index (χ1n) is 13.5. The SMILES string of the molecule is CC(=O)c1cn(C(CC(F)(F)F)C(=O)N[C@@H](Cc2cc(F)cc(F)c2)c2ncccc2-c2ccc(Cl)cc2)c2ccccc12. The first-order valence-corrected chi connectivity index (χ1v) is 13.9. The Labute approximate surface area is 254 Å². The van der Waals surface area contributed by atoms with Crippen molar-refractivity contribution in [2.24, 2.45) is 0 Å². The van der Waals surface area contributed by atoms with Gasteiger partial charge in [0.2, 0.25) is 5.91 Å². The molecule has 0 aliphatic heterocycles. The van der Waals surface area contributed by atoms with Crippen LogP contribution in [0.15, 0.2) is 91.3 Å². The van der Waals surface area contributed by atoms with Gasteiger partial charge in [0.1, 0.15) is 17.7 Å². The number of halogens is 6. The summed E-state index contributed by atoms with van der Waals surface area (Å²) in [4.78, 5) is 30.7. The van der Waals surface area contributed by atoms with E-state index >= 15 is 0 Å². The molecule has 0 aliphatic rings. The largest absolute Gasteiger partial charge is 0.391 e. The zero-order valence-corrected chi connectivity index (χ0v) is 24.0. The lowest BCUT2D eigenvalue weighted by Gasteiger charge is -2.26. The molecule has 0 aliphatic carbocycles. The predicted octanol–water partition coefficient (Wildman–Crippen LogP) is 8.43. The maximum atomic E-state index is 14.2. The van der Waals surface area contributed by atoms with E-state index in [9.17, 15) is 31.5 Å². The number of benzene rings is 3. The number of ketones is 1. The Balaban J connectivity index is 1.61. The zero-order valence-electron chi connectivity index (χ0n) is 23.2. The summed E-state index contributed by atoms with van der Waals surface area (Å²) in [5.74, 6) is -3.10. The van der Waals surface area contributed by atoms with Crippen LogP contribution in [0, 0.1) is 11.6 Å². The summed E-state index contributed by atoms with van der Waals surface area (Å²) in [6.45, 7) is 1.29. The lowest BCUT2D eigenvalue weighted by Crippen LogP contribution is -2.38. The molecule has 0 radical (unpaired) electrons. The van der Waals surface area contributed by atoms with Crippen molar-refractivity contribution in [2.45, 2.75) is 38.0 Å². The van der Waals surface area contributed by atoms with E-state index in [1.54, 1.807) is 54.6 Å². The third kappa shape index (κ3) is 6.97. The number of alkyl halides is 3. The van der Waals surface area contributed by atoms with Gasteiger partial charge < -0.3 is 9.88 Å². The number of hydrogen-bond donors (Lipinski definition) is 1. The van der Waals surface area contributed by atoms with Gasteiger partial charge in [-0.3, -0.25) is 14.6 Å². The molecule has 0 spiro atoms. The summed E-state index contributed by atoms with van der Waals surface area (Å²) in [6.07, 6.45) is -3.79. The van der Waals surface area contributed by atoms with Gasteiger partial charge in [0.25, 0.3) is 0 Å². The summed E-state index contributed by atoms with van der Waals surface area (Å²) < 4.78 is 71.4. The number of para-hydroxylation sites is 1.